The van der Waals surface area contributed by atoms with Gasteiger partial charge in [-0.3, -0.25) is 4.90 Å². The molecule has 0 saturated heterocycles. The standard InChI is InChI=1S/C14H35NO7Si2/c1-10-13(23(17-4,18-5)19-6)15(12(3)16)14(11-2)24(20-7,21-8)22-9/h12-14,16H,10-11H2,1-9H3. The highest BCUT2D eigenvalue weighted by molar-refractivity contribution is 6.64. The lowest BCUT2D eigenvalue weighted by Gasteiger charge is -2.47. The van der Waals surface area contributed by atoms with Crippen molar-refractivity contribution in [1.82, 2.24) is 4.90 Å². The maximum Gasteiger partial charge on any atom is 0.518 e. The largest absolute Gasteiger partial charge is 0.518 e. The molecule has 0 aromatic heterocycles. The quantitative estimate of drug-likeness (QED) is 0.372. The molecule has 3 atom stereocenters. The first-order valence-corrected chi connectivity index (χ1v) is 11.7. The Balaban J connectivity index is 6.13. The molecular formula is C14H35NO7Si2. The summed E-state index contributed by atoms with van der Waals surface area (Å²) in [4.78, 5) is 1.89. The highest BCUT2D eigenvalue weighted by atomic mass is 28.4. The molecule has 1 N–H and O–H groups in total. The van der Waals surface area contributed by atoms with E-state index >= 15 is 0 Å². The molecule has 0 amide bonds. The van der Waals surface area contributed by atoms with Gasteiger partial charge in [0.25, 0.3) is 0 Å². The van der Waals surface area contributed by atoms with Gasteiger partial charge in [0.2, 0.25) is 0 Å². The maximum atomic E-state index is 10.6. The van der Waals surface area contributed by atoms with E-state index in [1.165, 1.54) is 0 Å². The Morgan fingerprint density at radius 2 is 0.958 bits per heavy atom. The maximum absolute atomic E-state index is 10.6. The summed E-state index contributed by atoms with van der Waals surface area (Å²) in [6.07, 6.45) is 0.523. The van der Waals surface area contributed by atoms with Crippen LogP contribution in [0, 0.1) is 0 Å². The molecule has 146 valence electrons. The number of hydrogen-bond donors (Lipinski definition) is 1. The fourth-order valence-corrected chi connectivity index (χ4v) is 8.64. The van der Waals surface area contributed by atoms with Crippen molar-refractivity contribution in [3.8, 4) is 0 Å². The Morgan fingerprint density at radius 1 is 0.708 bits per heavy atom. The molecule has 0 saturated carbocycles. The van der Waals surface area contributed by atoms with E-state index < -0.39 is 23.8 Å². The summed E-state index contributed by atoms with van der Waals surface area (Å²) in [6.45, 7) is 5.70. The first kappa shape index (κ1) is 24.1. The SMILES string of the molecule is CCC(N(C(C)O)C(CC)[Si](OC)(OC)OC)[Si](OC)(OC)OC. The van der Waals surface area contributed by atoms with Crippen molar-refractivity contribution in [1.29, 1.82) is 0 Å². The molecule has 10 heteroatoms. The normalized spacial score (nSPS) is 17.1. The molecule has 0 aromatic carbocycles. The van der Waals surface area contributed by atoms with E-state index in [0.29, 0.717) is 12.8 Å². The van der Waals surface area contributed by atoms with Gasteiger partial charge < -0.3 is 31.7 Å². The van der Waals surface area contributed by atoms with Crippen LogP contribution in [0.2, 0.25) is 0 Å². The highest BCUT2D eigenvalue weighted by Crippen LogP contribution is 2.30. The molecule has 0 aliphatic carbocycles. The van der Waals surface area contributed by atoms with E-state index in [1.807, 2.05) is 18.7 Å². The first-order valence-electron chi connectivity index (χ1n) is 8.09. The van der Waals surface area contributed by atoms with E-state index in [9.17, 15) is 5.11 Å². The van der Waals surface area contributed by atoms with Crippen molar-refractivity contribution in [3.05, 3.63) is 0 Å². The Kier molecular flexibility index (Phi) is 11.0. The minimum atomic E-state index is -3.05. The van der Waals surface area contributed by atoms with Crippen molar-refractivity contribution in [2.24, 2.45) is 0 Å². The van der Waals surface area contributed by atoms with Crippen LogP contribution in [0.4, 0.5) is 0 Å². The number of aliphatic hydroxyl groups excluding tert-OH is 1. The van der Waals surface area contributed by atoms with Crippen molar-refractivity contribution in [2.75, 3.05) is 42.7 Å². The Labute approximate surface area is 148 Å². The van der Waals surface area contributed by atoms with Crippen LogP contribution in [0.3, 0.4) is 0 Å². The number of aliphatic hydroxyl groups is 1. The van der Waals surface area contributed by atoms with Crippen molar-refractivity contribution >= 4 is 17.6 Å². The molecule has 0 bridgehead atoms. The van der Waals surface area contributed by atoms with Gasteiger partial charge in [-0.1, -0.05) is 13.8 Å². The van der Waals surface area contributed by atoms with Crippen molar-refractivity contribution < 1.29 is 31.7 Å². The van der Waals surface area contributed by atoms with E-state index in [2.05, 4.69) is 0 Å². The predicted octanol–water partition coefficient (Wildman–Crippen LogP) is 1.02. The van der Waals surface area contributed by atoms with Crippen LogP contribution in [0.1, 0.15) is 33.6 Å². The third kappa shape index (κ3) is 4.64. The summed E-state index contributed by atoms with van der Waals surface area (Å²) in [5.74, 6) is 0. The van der Waals surface area contributed by atoms with Crippen molar-refractivity contribution in [3.63, 3.8) is 0 Å². The summed E-state index contributed by atoms with van der Waals surface area (Å²) < 4.78 is 34.0. The van der Waals surface area contributed by atoms with Crippen LogP contribution in [0.25, 0.3) is 0 Å². The van der Waals surface area contributed by atoms with Gasteiger partial charge in [0, 0.05) is 42.7 Å². The molecule has 0 fully saturated rings. The smallest absolute Gasteiger partial charge is 0.379 e. The zero-order valence-electron chi connectivity index (χ0n) is 16.5. The zero-order chi connectivity index (χ0) is 19.0. The van der Waals surface area contributed by atoms with Gasteiger partial charge in [0.05, 0.1) is 11.3 Å². The Morgan fingerprint density at radius 3 is 1.08 bits per heavy atom. The molecule has 24 heavy (non-hydrogen) atoms. The average Bonchev–Trinajstić information content (AvgIpc) is 2.61. The van der Waals surface area contributed by atoms with E-state index in [0.717, 1.165) is 0 Å². The van der Waals surface area contributed by atoms with Gasteiger partial charge in [0.1, 0.15) is 6.23 Å². The van der Waals surface area contributed by atoms with Gasteiger partial charge in [0.15, 0.2) is 0 Å². The predicted molar refractivity (Wildman–Crippen MR) is 95.2 cm³/mol. The van der Waals surface area contributed by atoms with Crippen LogP contribution in [0.5, 0.6) is 0 Å². The molecule has 3 unspecified atom stereocenters. The van der Waals surface area contributed by atoms with Gasteiger partial charge in [-0.25, -0.2) is 0 Å². The van der Waals surface area contributed by atoms with Gasteiger partial charge in [-0.2, -0.15) is 0 Å². The molecule has 0 heterocycles. The third-order valence-corrected chi connectivity index (χ3v) is 10.9. The molecule has 0 aromatic rings. The first-order chi connectivity index (χ1) is 11.3. The second-order valence-electron chi connectivity index (χ2n) is 5.36. The summed E-state index contributed by atoms with van der Waals surface area (Å²) >= 11 is 0. The summed E-state index contributed by atoms with van der Waals surface area (Å²) in [7, 11) is 3.30. The molecule has 0 rings (SSSR count). The van der Waals surface area contributed by atoms with Gasteiger partial charge in [-0.05, 0) is 19.8 Å². The molecule has 0 aliphatic heterocycles. The lowest BCUT2D eigenvalue weighted by Crippen LogP contribution is -2.71. The fraction of sp³-hybridized carbons (Fsp3) is 1.00. The minimum Gasteiger partial charge on any atom is -0.379 e. The summed E-state index contributed by atoms with van der Waals surface area (Å²) in [5.41, 5.74) is -0.565. The fourth-order valence-electron chi connectivity index (χ4n) is 3.34. The topological polar surface area (TPSA) is 78.9 Å². The lowest BCUT2D eigenvalue weighted by molar-refractivity contribution is -0.0541. The third-order valence-electron chi connectivity index (χ3n) is 4.45. The Bertz CT molecular complexity index is 297. The summed E-state index contributed by atoms with van der Waals surface area (Å²) in [6, 6.07) is 0. The second-order valence-corrected chi connectivity index (χ2v) is 11.6. The van der Waals surface area contributed by atoms with Gasteiger partial charge >= 0.3 is 17.6 Å². The zero-order valence-corrected chi connectivity index (χ0v) is 18.5. The van der Waals surface area contributed by atoms with Crippen LogP contribution < -0.4 is 0 Å². The van der Waals surface area contributed by atoms with Crippen LogP contribution in [-0.2, 0) is 26.6 Å². The Hall–Kier alpha value is 0.114. The molecule has 0 radical (unpaired) electrons. The highest BCUT2D eigenvalue weighted by Gasteiger charge is 2.58. The number of rotatable bonds is 13. The average molecular weight is 386 g/mol. The monoisotopic (exact) mass is 385 g/mol. The second kappa shape index (κ2) is 11.0. The molecule has 0 spiro atoms. The number of nitrogens with zero attached hydrogens (tertiary/aromatic N) is 1. The number of hydrogen-bond acceptors (Lipinski definition) is 8. The minimum absolute atomic E-state index is 0.283. The summed E-state index contributed by atoms with van der Waals surface area (Å²) in [5, 5.41) is 10.6. The van der Waals surface area contributed by atoms with Gasteiger partial charge in [-0.15, -0.1) is 0 Å². The van der Waals surface area contributed by atoms with E-state index in [1.54, 1.807) is 49.6 Å². The van der Waals surface area contributed by atoms with Crippen molar-refractivity contribution in [2.45, 2.75) is 51.2 Å². The molecule has 8 nitrogen and oxygen atoms in total. The van der Waals surface area contributed by atoms with Crippen LogP contribution in [-0.4, -0.2) is 87.8 Å². The van der Waals surface area contributed by atoms with E-state index in [4.69, 9.17) is 26.6 Å². The van der Waals surface area contributed by atoms with E-state index in [-0.39, 0.29) is 11.3 Å². The molecular weight excluding hydrogens is 350 g/mol. The van der Waals surface area contributed by atoms with Crippen LogP contribution in [0.15, 0.2) is 0 Å². The molecule has 0 aliphatic rings. The van der Waals surface area contributed by atoms with Crippen LogP contribution >= 0.6 is 0 Å². The lowest BCUT2D eigenvalue weighted by atomic mass is 10.3.